The average Bonchev–Trinajstić information content (AvgIpc) is 2.33. The summed E-state index contributed by atoms with van der Waals surface area (Å²) in [5.41, 5.74) is 1.14. The number of aliphatic hydroxyl groups is 1. The molecule has 1 heterocycles. The fourth-order valence-corrected chi connectivity index (χ4v) is 2.80. The van der Waals surface area contributed by atoms with Crippen LogP contribution in [-0.4, -0.2) is 17.7 Å². The molecule has 0 amide bonds. The SMILES string of the molecule is Cc1ccc(C(C)(O)CC2CCCCN2)cc1Cl. The van der Waals surface area contributed by atoms with Crippen molar-refractivity contribution in [3.05, 3.63) is 34.3 Å². The Balaban J connectivity index is 2.10. The van der Waals surface area contributed by atoms with Crippen molar-refractivity contribution in [1.82, 2.24) is 5.32 Å². The summed E-state index contributed by atoms with van der Waals surface area (Å²) in [7, 11) is 0. The fourth-order valence-electron chi connectivity index (χ4n) is 2.62. The van der Waals surface area contributed by atoms with Crippen LogP contribution in [0.25, 0.3) is 0 Å². The molecule has 1 fully saturated rings. The van der Waals surface area contributed by atoms with Crippen molar-refractivity contribution >= 4 is 11.6 Å². The molecule has 0 aromatic heterocycles. The molecule has 0 bridgehead atoms. The lowest BCUT2D eigenvalue weighted by Crippen LogP contribution is -2.39. The highest BCUT2D eigenvalue weighted by Gasteiger charge is 2.28. The molecule has 1 aromatic rings. The lowest BCUT2D eigenvalue weighted by atomic mass is 9.86. The van der Waals surface area contributed by atoms with Gasteiger partial charge in [-0.25, -0.2) is 0 Å². The van der Waals surface area contributed by atoms with Crippen LogP contribution < -0.4 is 5.32 Å². The average molecular weight is 268 g/mol. The number of aryl methyl sites for hydroxylation is 1. The van der Waals surface area contributed by atoms with Gasteiger partial charge in [0.25, 0.3) is 0 Å². The van der Waals surface area contributed by atoms with E-state index in [9.17, 15) is 5.11 Å². The molecule has 2 nitrogen and oxygen atoms in total. The van der Waals surface area contributed by atoms with Gasteiger partial charge in [0.1, 0.15) is 0 Å². The van der Waals surface area contributed by atoms with Crippen molar-refractivity contribution in [1.29, 1.82) is 0 Å². The summed E-state index contributed by atoms with van der Waals surface area (Å²) in [6.45, 7) is 4.92. The summed E-state index contributed by atoms with van der Waals surface area (Å²) in [4.78, 5) is 0. The van der Waals surface area contributed by atoms with E-state index in [0.29, 0.717) is 6.04 Å². The van der Waals surface area contributed by atoms with Crippen molar-refractivity contribution in [3.63, 3.8) is 0 Å². The maximum atomic E-state index is 10.7. The van der Waals surface area contributed by atoms with E-state index in [4.69, 9.17) is 11.6 Å². The molecule has 100 valence electrons. The zero-order valence-corrected chi connectivity index (χ0v) is 11.9. The number of hydrogen-bond donors (Lipinski definition) is 2. The smallest absolute Gasteiger partial charge is 0.0883 e. The van der Waals surface area contributed by atoms with Crippen molar-refractivity contribution in [2.75, 3.05) is 6.54 Å². The highest BCUT2D eigenvalue weighted by Crippen LogP contribution is 2.30. The molecule has 18 heavy (non-hydrogen) atoms. The quantitative estimate of drug-likeness (QED) is 0.880. The van der Waals surface area contributed by atoms with Crippen molar-refractivity contribution < 1.29 is 5.11 Å². The topological polar surface area (TPSA) is 32.3 Å². The van der Waals surface area contributed by atoms with Crippen LogP contribution >= 0.6 is 11.6 Å². The Morgan fingerprint density at radius 2 is 2.22 bits per heavy atom. The highest BCUT2D eigenvalue weighted by molar-refractivity contribution is 6.31. The van der Waals surface area contributed by atoms with Gasteiger partial charge in [-0.1, -0.05) is 30.2 Å². The van der Waals surface area contributed by atoms with E-state index in [1.54, 1.807) is 0 Å². The van der Waals surface area contributed by atoms with Gasteiger partial charge in [-0.2, -0.15) is 0 Å². The van der Waals surface area contributed by atoms with Gasteiger partial charge in [0.15, 0.2) is 0 Å². The molecule has 1 aliphatic rings. The summed E-state index contributed by atoms with van der Waals surface area (Å²) in [5.74, 6) is 0. The fraction of sp³-hybridized carbons (Fsp3) is 0.600. The summed E-state index contributed by atoms with van der Waals surface area (Å²) in [5, 5.41) is 14.9. The zero-order valence-electron chi connectivity index (χ0n) is 11.2. The second kappa shape index (κ2) is 5.60. The molecule has 2 rings (SSSR count). The van der Waals surface area contributed by atoms with Crippen molar-refractivity contribution in [2.24, 2.45) is 0 Å². The predicted molar refractivity (Wildman–Crippen MR) is 76.0 cm³/mol. The second-order valence-electron chi connectivity index (χ2n) is 5.59. The summed E-state index contributed by atoms with van der Waals surface area (Å²) in [6, 6.07) is 6.25. The molecule has 0 spiro atoms. The first-order chi connectivity index (χ1) is 8.49. The van der Waals surface area contributed by atoms with Gasteiger partial charge in [0.05, 0.1) is 5.60 Å². The van der Waals surface area contributed by atoms with Gasteiger partial charge < -0.3 is 10.4 Å². The molecule has 3 heteroatoms. The first kappa shape index (κ1) is 13.9. The summed E-state index contributed by atoms with van der Waals surface area (Å²) >= 11 is 6.14. The minimum atomic E-state index is -0.813. The molecule has 1 saturated heterocycles. The predicted octanol–water partition coefficient (Wildman–Crippen LogP) is 3.39. The number of nitrogens with one attached hydrogen (secondary N) is 1. The van der Waals surface area contributed by atoms with Crippen LogP contribution in [0.5, 0.6) is 0 Å². The van der Waals surface area contributed by atoms with E-state index < -0.39 is 5.60 Å². The van der Waals surface area contributed by atoms with Gasteiger partial charge in [-0.3, -0.25) is 0 Å². The lowest BCUT2D eigenvalue weighted by Gasteiger charge is -2.32. The molecule has 2 atom stereocenters. The van der Waals surface area contributed by atoms with Crippen LogP contribution in [0.4, 0.5) is 0 Å². The van der Waals surface area contributed by atoms with Gasteiger partial charge in [-0.15, -0.1) is 0 Å². The first-order valence-electron chi connectivity index (χ1n) is 6.71. The summed E-state index contributed by atoms with van der Waals surface area (Å²) < 4.78 is 0. The minimum Gasteiger partial charge on any atom is -0.385 e. The van der Waals surface area contributed by atoms with Crippen LogP contribution in [0.15, 0.2) is 18.2 Å². The molecule has 2 N–H and O–H groups in total. The largest absolute Gasteiger partial charge is 0.385 e. The van der Waals surface area contributed by atoms with Crippen LogP contribution in [0, 0.1) is 6.92 Å². The molecular formula is C15H22ClNO. The molecule has 0 aliphatic carbocycles. The maximum Gasteiger partial charge on any atom is 0.0883 e. The Hall–Kier alpha value is -0.570. The first-order valence-corrected chi connectivity index (χ1v) is 7.09. The van der Waals surface area contributed by atoms with Crippen LogP contribution in [0.2, 0.25) is 5.02 Å². The Kier molecular flexibility index (Phi) is 4.31. The van der Waals surface area contributed by atoms with Gasteiger partial charge >= 0.3 is 0 Å². The Morgan fingerprint density at radius 3 is 2.83 bits per heavy atom. The van der Waals surface area contributed by atoms with Gasteiger partial charge in [0.2, 0.25) is 0 Å². The molecule has 1 aliphatic heterocycles. The normalized spacial score (nSPS) is 23.7. The summed E-state index contributed by atoms with van der Waals surface area (Å²) in [6.07, 6.45) is 4.39. The molecule has 0 radical (unpaired) electrons. The lowest BCUT2D eigenvalue weighted by molar-refractivity contribution is 0.0332. The Labute approximate surface area is 114 Å². The highest BCUT2D eigenvalue weighted by atomic mass is 35.5. The van der Waals surface area contributed by atoms with E-state index in [1.165, 1.54) is 12.8 Å². The van der Waals surface area contributed by atoms with Gasteiger partial charge in [0, 0.05) is 11.1 Å². The van der Waals surface area contributed by atoms with E-state index in [1.807, 2.05) is 32.0 Å². The van der Waals surface area contributed by atoms with Crippen molar-refractivity contribution in [2.45, 2.75) is 51.2 Å². The van der Waals surface area contributed by atoms with E-state index in [2.05, 4.69) is 5.32 Å². The number of rotatable bonds is 3. The van der Waals surface area contributed by atoms with Crippen LogP contribution in [0.1, 0.15) is 43.7 Å². The second-order valence-corrected chi connectivity index (χ2v) is 6.00. The number of benzene rings is 1. The minimum absolute atomic E-state index is 0.411. The monoisotopic (exact) mass is 267 g/mol. The number of halogens is 1. The third-order valence-corrected chi connectivity index (χ3v) is 4.26. The van der Waals surface area contributed by atoms with E-state index in [0.717, 1.165) is 35.5 Å². The molecular weight excluding hydrogens is 246 g/mol. The molecule has 1 aromatic carbocycles. The van der Waals surface area contributed by atoms with E-state index in [-0.39, 0.29) is 0 Å². The molecule has 2 unspecified atom stereocenters. The Morgan fingerprint density at radius 1 is 1.44 bits per heavy atom. The third kappa shape index (κ3) is 3.25. The van der Waals surface area contributed by atoms with Crippen molar-refractivity contribution in [3.8, 4) is 0 Å². The Bertz CT molecular complexity index is 411. The zero-order chi connectivity index (χ0) is 13.2. The van der Waals surface area contributed by atoms with E-state index >= 15 is 0 Å². The number of piperidine rings is 1. The third-order valence-electron chi connectivity index (χ3n) is 3.85. The standard InChI is InChI=1S/C15H22ClNO/c1-11-6-7-12(9-14(11)16)15(2,18)10-13-5-3-4-8-17-13/h6-7,9,13,17-18H,3-5,8,10H2,1-2H3. The van der Waals surface area contributed by atoms with Crippen LogP contribution in [-0.2, 0) is 5.60 Å². The van der Waals surface area contributed by atoms with Crippen LogP contribution in [0.3, 0.4) is 0 Å². The number of hydrogen-bond acceptors (Lipinski definition) is 2. The van der Waals surface area contributed by atoms with Gasteiger partial charge in [-0.05, 0) is 56.8 Å². The molecule has 0 saturated carbocycles. The maximum absolute atomic E-state index is 10.7.